The van der Waals surface area contributed by atoms with Gasteiger partial charge in [0.25, 0.3) is 0 Å². The molecule has 4 rings (SSSR count). The van der Waals surface area contributed by atoms with Crippen molar-refractivity contribution >= 4 is 33.0 Å². The molecule has 0 fully saturated rings. The third kappa shape index (κ3) is 3.30. The Labute approximate surface area is 180 Å². The van der Waals surface area contributed by atoms with Crippen LogP contribution in [0.2, 0.25) is 0 Å². The second kappa shape index (κ2) is 7.96. The lowest BCUT2D eigenvalue weighted by Crippen LogP contribution is -2.11. The number of fused-ring (bicyclic) bond motifs is 2. The third-order valence-electron chi connectivity index (χ3n) is 5.35. The summed E-state index contributed by atoms with van der Waals surface area (Å²) in [6, 6.07) is 17.1. The highest BCUT2D eigenvalue weighted by Crippen LogP contribution is 2.36. The highest BCUT2D eigenvalue weighted by atomic mass is 16.5. The van der Waals surface area contributed by atoms with Gasteiger partial charge in [0.05, 0.1) is 19.8 Å². The number of anilines is 1. The zero-order valence-corrected chi connectivity index (χ0v) is 17.8. The summed E-state index contributed by atoms with van der Waals surface area (Å²) in [5, 5.41) is 12.5. The molecule has 0 aliphatic rings. The number of ether oxygens (including phenoxy) is 2. The van der Waals surface area contributed by atoms with Gasteiger partial charge in [-0.1, -0.05) is 24.3 Å². The number of benzene rings is 3. The summed E-state index contributed by atoms with van der Waals surface area (Å²) >= 11 is 0. The summed E-state index contributed by atoms with van der Waals surface area (Å²) < 4.78 is 10.8. The Morgan fingerprint density at radius 3 is 2.19 bits per heavy atom. The van der Waals surface area contributed by atoms with E-state index in [4.69, 9.17) is 9.47 Å². The van der Waals surface area contributed by atoms with Gasteiger partial charge in [-0.15, -0.1) is 0 Å². The van der Waals surface area contributed by atoms with E-state index in [0.29, 0.717) is 33.4 Å². The Balaban J connectivity index is 1.99. The molecule has 0 spiro atoms. The predicted octanol–water partition coefficient (Wildman–Crippen LogP) is 4.57. The lowest BCUT2D eigenvalue weighted by atomic mass is 9.95. The van der Waals surface area contributed by atoms with E-state index < -0.39 is 0 Å². The number of hydrogen-bond acceptors (Lipinski definition) is 6. The van der Waals surface area contributed by atoms with E-state index in [2.05, 4.69) is 11.1 Å². The average molecular weight is 411 g/mol. The number of methoxy groups -OCH3 is 2. The largest absolute Gasteiger partial charge is 0.493 e. The van der Waals surface area contributed by atoms with Crippen molar-refractivity contribution in [1.82, 2.24) is 4.98 Å². The summed E-state index contributed by atoms with van der Waals surface area (Å²) in [4.78, 5) is 20.1. The van der Waals surface area contributed by atoms with Crippen molar-refractivity contribution in [3.8, 4) is 17.6 Å². The van der Waals surface area contributed by atoms with Gasteiger partial charge >= 0.3 is 0 Å². The molecule has 154 valence electrons. The molecule has 6 heteroatoms. The number of rotatable bonds is 5. The van der Waals surface area contributed by atoms with Gasteiger partial charge in [0.1, 0.15) is 11.8 Å². The maximum Gasteiger partial charge on any atom is 0.212 e. The van der Waals surface area contributed by atoms with E-state index in [1.54, 1.807) is 12.1 Å². The quantitative estimate of drug-likeness (QED) is 0.448. The molecule has 0 saturated heterocycles. The molecule has 1 heterocycles. The maximum atomic E-state index is 13.7. The highest BCUT2D eigenvalue weighted by molar-refractivity contribution is 6.21. The van der Waals surface area contributed by atoms with Crippen molar-refractivity contribution in [3.63, 3.8) is 0 Å². The minimum absolute atomic E-state index is 0.219. The Morgan fingerprint density at radius 1 is 0.935 bits per heavy atom. The normalized spacial score (nSPS) is 10.7. The third-order valence-corrected chi connectivity index (χ3v) is 5.35. The topological polar surface area (TPSA) is 75.5 Å². The van der Waals surface area contributed by atoms with Crippen LogP contribution < -0.4 is 14.4 Å². The van der Waals surface area contributed by atoms with Gasteiger partial charge in [0.15, 0.2) is 11.5 Å². The fourth-order valence-electron chi connectivity index (χ4n) is 3.83. The number of ketones is 1. The number of carbonyl (C=O) groups is 1. The van der Waals surface area contributed by atoms with Crippen molar-refractivity contribution in [1.29, 1.82) is 5.26 Å². The van der Waals surface area contributed by atoms with Crippen molar-refractivity contribution < 1.29 is 14.3 Å². The number of pyridine rings is 1. The number of hydrogen-bond donors (Lipinski definition) is 0. The SMILES string of the molecule is COc1cc2c(C#N)cnc(C(=O)c3ccc(N(C)C)c4ccccc34)c2cc1OC. The first-order chi connectivity index (χ1) is 15.0. The summed E-state index contributed by atoms with van der Waals surface area (Å²) in [6.07, 6.45) is 1.43. The Kier molecular flexibility index (Phi) is 5.18. The minimum atomic E-state index is -0.219. The number of nitriles is 1. The van der Waals surface area contributed by atoms with Crippen molar-refractivity contribution in [2.75, 3.05) is 33.2 Å². The molecule has 0 saturated carbocycles. The van der Waals surface area contributed by atoms with Crippen LogP contribution in [0.4, 0.5) is 5.69 Å². The molecule has 0 amide bonds. The Bertz CT molecular complexity index is 1370. The van der Waals surface area contributed by atoms with Crippen LogP contribution in [0.25, 0.3) is 21.5 Å². The second-order valence-corrected chi connectivity index (χ2v) is 7.29. The fourth-order valence-corrected chi connectivity index (χ4v) is 3.83. The first kappa shape index (κ1) is 20.2. The van der Waals surface area contributed by atoms with Crippen molar-refractivity contribution in [3.05, 3.63) is 71.5 Å². The molecule has 6 nitrogen and oxygen atoms in total. The minimum Gasteiger partial charge on any atom is -0.493 e. The van der Waals surface area contributed by atoms with Gasteiger partial charge in [-0.05, 0) is 29.7 Å². The number of carbonyl (C=O) groups excluding carboxylic acids is 1. The monoisotopic (exact) mass is 411 g/mol. The molecule has 1 aromatic heterocycles. The van der Waals surface area contributed by atoms with Gasteiger partial charge in [-0.2, -0.15) is 5.26 Å². The van der Waals surface area contributed by atoms with Gasteiger partial charge in [0.2, 0.25) is 5.78 Å². The lowest BCUT2D eigenvalue weighted by Gasteiger charge is -2.17. The van der Waals surface area contributed by atoms with Crippen molar-refractivity contribution in [2.24, 2.45) is 0 Å². The highest BCUT2D eigenvalue weighted by Gasteiger charge is 2.21. The fraction of sp³-hybridized carbons (Fsp3) is 0.160. The molecule has 4 aromatic rings. The Hall–Kier alpha value is -4.11. The van der Waals surface area contributed by atoms with Gasteiger partial charge in [-0.3, -0.25) is 9.78 Å². The molecule has 31 heavy (non-hydrogen) atoms. The molecular weight excluding hydrogens is 390 g/mol. The van der Waals surface area contributed by atoms with E-state index in [-0.39, 0.29) is 11.5 Å². The zero-order valence-electron chi connectivity index (χ0n) is 17.8. The smallest absolute Gasteiger partial charge is 0.212 e. The van der Waals surface area contributed by atoms with E-state index in [9.17, 15) is 10.1 Å². The molecule has 0 radical (unpaired) electrons. The maximum absolute atomic E-state index is 13.7. The summed E-state index contributed by atoms with van der Waals surface area (Å²) in [6.45, 7) is 0. The van der Waals surface area contributed by atoms with E-state index in [0.717, 1.165) is 16.5 Å². The molecule has 0 aliphatic carbocycles. The second-order valence-electron chi connectivity index (χ2n) is 7.29. The average Bonchev–Trinajstić information content (AvgIpc) is 2.80. The predicted molar refractivity (Wildman–Crippen MR) is 121 cm³/mol. The number of nitrogens with zero attached hydrogens (tertiary/aromatic N) is 3. The Morgan fingerprint density at radius 2 is 1.58 bits per heavy atom. The lowest BCUT2D eigenvalue weighted by molar-refractivity contribution is 0.103. The van der Waals surface area contributed by atoms with Crippen LogP contribution >= 0.6 is 0 Å². The van der Waals surface area contributed by atoms with E-state index >= 15 is 0 Å². The van der Waals surface area contributed by atoms with Crippen molar-refractivity contribution in [2.45, 2.75) is 0 Å². The first-order valence-electron chi connectivity index (χ1n) is 9.68. The molecule has 3 aromatic carbocycles. The summed E-state index contributed by atoms with van der Waals surface area (Å²) in [5.74, 6) is 0.730. The van der Waals surface area contributed by atoms with Crippen LogP contribution in [0, 0.1) is 11.3 Å². The van der Waals surface area contributed by atoms with Crippen LogP contribution in [-0.4, -0.2) is 39.1 Å². The molecule has 0 N–H and O–H groups in total. The van der Waals surface area contributed by atoms with Crippen LogP contribution in [0.1, 0.15) is 21.6 Å². The summed E-state index contributed by atoms with van der Waals surface area (Å²) in [5.41, 5.74) is 2.20. The van der Waals surface area contributed by atoms with E-state index in [1.807, 2.05) is 55.4 Å². The molecule has 0 unspecified atom stereocenters. The first-order valence-corrected chi connectivity index (χ1v) is 9.68. The van der Waals surface area contributed by atoms with Crippen LogP contribution in [0.3, 0.4) is 0 Å². The molecular formula is C25H21N3O3. The van der Waals surface area contributed by atoms with Gasteiger partial charge < -0.3 is 14.4 Å². The van der Waals surface area contributed by atoms with Crippen LogP contribution in [0.5, 0.6) is 11.5 Å². The molecule has 0 atom stereocenters. The molecule has 0 bridgehead atoms. The van der Waals surface area contributed by atoms with Gasteiger partial charge in [-0.25, -0.2) is 0 Å². The van der Waals surface area contributed by atoms with E-state index in [1.165, 1.54) is 20.4 Å². The standard InChI is InChI=1S/C25H21N3O3/c1-28(2)21-10-9-18(16-7-5-6-8-17(16)21)25(29)24-20-12-23(31-4)22(30-3)11-19(20)15(13-26)14-27-24/h5-12,14H,1-4H3. The van der Waals surface area contributed by atoms with Crippen LogP contribution in [-0.2, 0) is 0 Å². The number of aromatic nitrogens is 1. The molecule has 0 aliphatic heterocycles. The summed E-state index contributed by atoms with van der Waals surface area (Å²) in [7, 11) is 7.00. The zero-order chi connectivity index (χ0) is 22.1. The van der Waals surface area contributed by atoms with Gasteiger partial charge in [0, 0.05) is 47.7 Å². The van der Waals surface area contributed by atoms with Crippen LogP contribution in [0.15, 0.2) is 54.7 Å².